The Bertz CT molecular complexity index is 634. The number of aliphatic carboxylic acids is 1. The summed E-state index contributed by atoms with van der Waals surface area (Å²) in [6.07, 6.45) is 2.81. The number of carboxylic acid groups (broad SMARTS) is 1. The molecule has 0 spiro atoms. The topological polar surface area (TPSA) is 79.3 Å². The Morgan fingerprint density at radius 2 is 2.00 bits per heavy atom. The van der Waals surface area contributed by atoms with Gasteiger partial charge in [-0.05, 0) is 44.5 Å². The zero-order valence-electron chi connectivity index (χ0n) is 15.7. The molecule has 1 N–H and O–H groups in total. The van der Waals surface area contributed by atoms with Crippen LogP contribution in [0.25, 0.3) is 0 Å². The third-order valence-corrected chi connectivity index (χ3v) is 4.89. The Morgan fingerprint density at radius 1 is 1.23 bits per heavy atom. The van der Waals surface area contributed by atoms with E-state index in [2.05, 4.69) is 0 Å². The van der Waals surface area contributed by atoms with Crippen LogP contribution in [0.2, 0.25) is 0 Å². The first-order valence-electron chi connectivity index (χ1n) is 8.85. The van der Waals surface area contributed by atoms with Crippen molar-refractivity contribution in [2.24, 2.45) is 0 Å². The Morgan fingerprint density at radius 3 is 2.65 bits per heavy atom. The number of likely N-dealkylation sites (N-methyl/N-ethyl adjacent to an activating group) is 1. The van der Waals surface area contributed by atoms with E-state index in [1.54, 1.807) is 20.3 Å². The number of ether oxygens (including phenoxy) is 2. The SMILES string of the molecule is COc1ccc(OC)c(CC(=O)N2CCCC(N(C)CC(=O)O)CC2)c1. The molecule has 0 aromatic heterocycles. The summed E-state index contributed by atoms with van der Waals surface area (Å²) in [7, 11) is 5.01. The molecule has 1 unspecified atom stereocenters. The van der Waals surface area contributed by atoms with Crippen LogP contribution in [0.4, 0.5) is 0 Å². The number of benzene rings is 1. The van der Waals surface area contributed by atoms with Crippen molar-refractivity contribution >= 4 is 11.9 Å². The van der Waals surface area contributed by atoms with E-state index < -0.39 is 5.97 Å². The lowest BCUT2D eigenvalue weighted by molar-refractivity contribution is -0.138. The maximum Gasteiger partial charge on any atom is 0.317 e. The highest BCUT2D eigenvalue weighted by molar-refractivity contribution is 5.79. The monoisotopic (exact) mass is 364 g/mol. The zero-order valence-corrected chi connectivity index (χ0v) is 15.7. The summed E-state index contributed by atoms with van der Waals surface area (Å²) in [5.41, 5.74) is 0.806. The van der Waals surface area contributed by atoms with Crippen LogP contribution in [-0.4, -0.2) is 73.7 Å². The van der Waals surface area contributed by atoms with Crippen LogP contribution in [-0.2, 0) is 16.0 Å². The van der Waals surface area contributed by atoms with Crippen LogP contribution < -0.4 is 9.47 Å². The third-order valence-electron chi connectivity index (χ3n) is 4.89. The van der Waals surface area contributed by atoms with E-state index in [0.29, 0.717) is 24.6 Å². The molecule has 1 aromatic rings. The van der Waals surface area contributed by atoms with E-state index in [9.17, 15) is 9.59 Å². The first-order valence-corrected chi connectivity index (χ1v) is 8.85. The van der Waals surface area contributed by atoms with Gasteiger partial charge in [0.05, 0.1) is 27.2 Å². The summed E-state index contributed by atoms with van der Waals surface area (Å²) in [6, 6.07) is 5.63. The second kappa shape index (κ2) is 9.43. The van der Waals surface area contributed by atoms with Gasteiger partial charge in [-0.15, -0.1) is 0 Å². The first-order chi connectivity index (χ1) is 12.4. The van der Waals surface area contributed by atoms with Gasteiger partial charge in [0.1, 0.15) is 11.5 Å². The maximum atomic E-state index is 12.8. The summed E-state index contributed by atoms with van der Waals surface area (Å²) in [5, 5.41) is 8.95. The molecule has 0 saturated carbocycles. The lowest BCUT2D eigenvalue weighted by Crippen LogP contribution is -2.37. The van der Waals surface area contributed by atoms with Gasteiger partial charge in [-0.1, -0.05) is 0 Å². The normalized spacial score (nSPS) is 17.7. The molecule has 1 aliphatic heterocycles. The van der Waals surface area contributed by atoms with E-state index in [0.717, 1.165) is 24.8 Å². The minimum absolute atomic E-state index is 0.0274. The van der Waals surface area contributed by atoms with Gasteiger partial charge < -0.3 is 19.5 Å². The summed E-state index contributed by atoms with van der Waals surface area (Å²) in [5.74, 6) is 0.598. The van der Waals surface area contributed by atoms with Gasteiger partial charge in [0.2, 0.25) is 5.91 Å². The number of amides is 1. The predicted octanol–water partition coefficient (Wildman–Crippen LogP) is 1.64. The maximum absolute atomic E-state index is 12.8. The van der Waals surface area contributed by atoms with Gasteiger partial charge in [-0.25, -0.2) is 0 Å². The third kappa shape index (κ3) is 5.36. The number of hydrogen-bond acceptors (Lipinski definition) is 5. The van der Waals surface area contributed by atoms with Gasteiger partial charge in [0, 0.05) is 24.7 Å². The number of carbonyl (C=O) groups excluding carboxylic acids is 1. The number of likely N-dealkylation sites (tertiary alicyclic amines) is 1. The van der Waals surface area contributed by atoms with Gasteiger partial charge in [0.15, 0.2) is 0 Å². The van der Waals surface area contributed by atoms with Gasteiger partial charge >= 0.3 is 5.97 Å². The van der Waals surface area contributed by atoms with Gasteiger partial charge in [0.25, 0.3) is 0 Å². The summed E-state index contributed by atoms with van der Waals surface area (Å²) in [4.78, 5) is 27.4. The van der Waals surface area contributed by atoms with E-state index in [4.69, 9.17) is 14.6 Å². The molecular weight excluding hydrogens is 336 g/mol. The van der Waals surface area contributed by atoms with E-state index in [-0.39, 0.29) is 24.9 Å². The quantitative estimate of drug-likeness (QED) is 0.792. The molecule has 1 saturated heterocycles. The number of hydrogen-bond donors (Lipinski definition) is 1. The molecule has 1 aliphatic rings. The van der Waals surface area contributed by atoms with Crippen molar-refractivity contribution in [2.75, 3.05) is 40.9 Å². The lowest BCUT2D eigenvalue weighted by atomic mass is 10.1. The molecule has 0 aliphatic carbocycles. The largest absolute Gasteiger partial charge is 0.497 e. The average molecular weight is 364 g/mol. The smallest absolute Gasteiger partial charge is 0.317 e. The van der Waals surface area contributed by atoms with Gasteiger partial charge in [-0.2, -0.15) is 0 Å². The van der Waals surface area contributed by atoms with Crippen LogP contribution in [0.5, 0.6) is 11.5 Å². The van der Waals surface area contributed by atoms with E-state index in [1.807, 2.05) is 29.0 Å². The second-order valence-corrected chi connectivity index (χ2v) is 6.63. The Hall–Kier alpha value is -2.28. The van der Waals surface area contributed by atoms with Crippen molar-refractivity contribution in [1.29, 1.82) is 0 Å². The molecule has 144 valence electrons. The minimum atomic E-state index is -0.824. The molecule has 1 fully saturated rings. The summed E-state index contributed by atoms with van der Waals surface area (Å²) in [6.45, 7) is 1.36. The minimum Gasteiger partial charge on any atom is -0.497 e. The number of carbonyl (C=O) groups is 2. The molecule has 1 heterocycles. The van der Waals surface area contributed by atoms with Crippen molar-refractivity contribution in [2.45, 2.75) is 31.7 Å². The van der Waals surface area contributed by atoms with Crippen LogP contribution in [0.1, 0.15) is 24.8 Å². The van der Waals surface area contributed by atoms with Crippen molar-refractivity contribution in [3.8, 4) is 11.5 Å². The average Bonchev–Trinajstić information content (AvgIpc) is 2.87. The van der Waals surface area contributed by atoms with Crippen molar-refractivity contribution in [3.63, 3.8) is 0 Å². The predicted molar refractivity (Wildman–Crippen MR) is 97.7 cm³/mol. The number of carboxylic acids is 1. The molecule has 1 atom stereocenters. The fourth-order valence-corrected chi connectivity index (χ4v) is 3.41. The second-order valence-electron chi connectivity index (χ2n) is 6.63. The van der Waals surface area contributed by atoms with Crippen molar-refractivity contribution in [1.82, 2.24) is 9.80 Å². The van der Waals surface area contributed by atoms with E-state index in [1.165, 1.54) is 0 Å². The highest BCUT2D eigenvalue weighted by atomic mass is 16.5. The summed E-state index contributed by atoms with van der Waals surface area (Å²) >= 11 is 0. The Labute approximate surface area is 154 Å². The van der Waals surface area contributed by atoms with Crippen molar-refractivity contribution < 1.29 is 24.2 Å². The molecule has 0 bridgehead atoms. The van der Waals surface area contributed by atoms with Crippen LogP contribution in [0.3, 0.4) is 0 Å². The highest BCUT2D eigenvalue weighted by Gasteiger charge is 2.24. The molecular formula is C19H28N2O5. The highest BCUT2D eigenvalue weighted by Crippen LogP contribution is 2.25. The van der Waals surface area contributed by atoms with Crippen LogP contribution in [0, 0.1) is 0 Å². The zero-order chi connectivity index (χ0) is 19.1. The number of methoxy groups -OCH3 is 2. The lowest BCUT2D eigenvalue weighted by Gasteiger charge is -2.25. The first kappa shape index (κ1) is 20.0. The number of nitrogens with zero attached hydrogens (tertiary/aromatic N) is 2. The number of rotatable bonds is 7. The standard InChI is InChI=1S/C19H28N2O5/c1-20(13-19(23)24)15-5-4-9-21(10-8-15)18(22)12-14-11-16(25-2)6-7-17(14)26-3/h6-7,11,15H,4-5,8-10,12-13H2,1-3H3,(H,23,24). The fourth-order valence-electron chi connectivity index (χ4n) is 3.41. The Kier molecular flexibility index (Phi) is 7.26. The van der Waals surface area contributed by atoms with E-state index >= 15 is 0 Å². The van der Waals surface area contributed by atoms with Gasteiger partial charge in [-0.3, -0.25) is 14.5 Å². The molecule has 26 heavy (non-hydrogen) atoms. The Balaban J connectivity index is 1.99. The molecule has 1 aromatic carbocycles. The molecule has 0 radical (unpaired) electrons. The summed E-state index contributed by atoms with van der Waals surface area (Å²) < 4.78 is 10.6. The molecule has 1 amide bonds. The van der Waals surface area contributed by atoms with Crippen LogP contribution >= 0.6 is 0 Å². The molecule has 7 heteroatoms. The fraction of sp³-hybridized carbons (Fsp3) is 0.579. The molecule has 2 rings (SSSR count). The van der Waals surface area contributed by atoms with Crippen molar-refractivity contribution in [3.05, 3.63) is 23.8 Å². The van der Waals surface area contributed by atoms with Crippen LogP contribution in [0.15, 0.2) is 18.2 Å². The molecule has 7 nitrogen and oxygen atoms in total.